The third kappa shape index (κ3) is 2.74. The van der Waals surface area contributed by atoms with Gasteiger partial charge in [0.1, 0.15) is 0 Å². The molecular weight excluding hydrogens is 216 g/mol. The van der Waals surface area contributed by atoms with Gasteiger partial charge in [0.05, 0.1) is 11.7 Å². The van der Waals surface area contributed by atoms with Crippen LogP contribution in [0.3, 0.4) is 0 Å². The maximum Gasteiger partial charge on any atom is 0.318 e. The number of carbonyl (C=O) groups excluding carboxylic acids is 1. The molecule has 1 saturated heterocycles. The number of aromatic nitrogens is 1. The summed E-state index contributed by atoms with van der Waals surface area (Å²) in [6.07, 6.45) is 1.74. The van der Waals surface area contributed by atoms with E-state index < -0.39 is 0 Å². The van der Waals surface area contributed by atoms with Crippen molar-refractivity contribution in [3.63, 3.8) is 0 Å². The Morgan fingerprint density at radius 1 is 1.65 bits per heavy atom. The second kappa shape index (κ2) is 5.14. The Labute approximate surface area is 101 Å². The van der Waals surface area contributed by atoms with Crippen LogP contribution < -0.4 is 11.1 Å². The normalized spacial score (nSPS) is 21.4. The van der Waals surface area contributed by atoms with E-state index in [2.05, 4.69) is 10.3 Å². The smallest absolute Gasteiger partial charge is 0.318 e. The van der Waals surface area contributed by atoms with Crippen molar-refractivity contribution in [3.05, 3.63) is 30.1 Å². The highest BCUT2D eigenvalue weighted by Crippen LogP contribution is 2.18. The molecule has 2 atom stereocenters. The van der Waals surface area contributed by atoms with Crippen LogP contribution in [0.2, 0.25) is 0 Å². The van der Waals surface area contributed by atoms with Crippen molar-refractivity contribution in [2.75, 3.05) is 19.6 Å². The molecule has 2 rings (SSSR count). The lowest BCUT2D eigenvalue weighted by molar-refractivity contribution is 0.211. The Morgan fingerprint density at radius 3 is 3.12 bits per heavy atom. The summed E-state index contributed by atoms with van der Waals surface area (Å²) in [5, 5.41) is 2.93. The molecule has 0 aliphatic carbocycles. The van der Waals surface area contributed by atoms with Gasteiger partial charge >= 0.3 is 6.03 Å². The lowest BCUT2D eigenvalue weighted by atomic mass is 10.1. The second-order valence-corrected chi connectivity index (χ2v) is 4.50. The fourth-order valence-corrected chi connectivity index (χ4v) is 1.95. The number of hydrogen-bond donors (Lipinski definition) is 2. The molecule has 0 radical (unpaired) electrons. The largest absolute Gasteiger partial charge is 0.330 e. The summed E-state index contributed by atoms with van der Waals surface area (Å²) in [5.41, 5.74) is 6.48. The highest BCUT2D eigenvalue weighted by atomic mass is 16.2. The zero-order chi connectivity index (χ0) is 12.3. The molecule has 1 aliphatic heterocycles. The molecule has 17 heavy (non-hydrogen) atoms. The molecule has 2 unspecified atom stereocenters. The minimum absolute atomic E-state index is 0.00586. The minimum atomic E-state index is -0.0269. The average Bonchev–Trinajstić information content (AvgIpc) is 2.72. The van der Waals surface area contributed by atoms with Crippen molar-refractivity contribution in [2.45, 2.75) is 13.0 Å². The third-order valence-corrected chi connectivity index (χ3v) is 2.97. The zero-order valence-electron chi connectivity index (χ0n) is 9.97. The van der Waals surface area contributed by atoms with Crippen LogP contribution in [0.5, 0.6) is 0 Å². The summed E-state index contributed by atoms with van der Waals surface area (Å²) in [4.78, 5) is 17.8. The van der Waals surface area contributed by atoms with Gasteiger partial charge in [0, 0.05) is 19.3 Å². The van der Waals surface area contributed by atoms with Gasteiger partial charge in [0.25, 0.3) is 0 Å². The SMILES string of the molecule is CC(CN)CN1CC(c2ccccn2)NC1=O. The Kier molecular flexibility index (Phi) is 3.58. The predicted molar refractivity (Wildman–Crippen MR) is 65.3 cm³/mol. The van der Waals surface area contributed by atoms with E-state index in [1.165, 1.54) is 0 Å². The molecule has 2 heterocycles. The first-order valence-electron chi connectivity index (χ1n) is 5.87. The van der Waals surface area contributed by atoms with E-state index in [9.17, 15) is 4.79 Å². The molecule has 2 amide bonds. The summed E-state index contributed by atoms with van der Waals surface area (Å²) in [5.74, 6) is 0.322. The number of nitrogens with one attached hydrogen (secondary N) is 1. The molecule has 0 spiro atoms. The van der Waals surface area contributed by atoms with Gasteiger partial charge in [0.2, 0.25) is 0 Å². The number of urea groups is 1. The van der Waals surface area contributed by atoms with E-state index in [-0.39, 0.29) is 12.1 Å². The quantitative estimate of drug-likeness (QED) is 0.807. The predicted octanol–water partition coefficient (Wildman–Crippen LogP) is 0.743. The Morgan fingerprint density at radius 2 is 2.47 bits per heavy atom. The van der Waals surface area contributed by atoms with Crippen molar-refractivity contribution in [3.8, 4) is 0 Å². The average molecular weight is 234 g/mol. The van der Waals surface area contributed by atoms with Gasteiger partial charge in [-0.25, -0.2) is 4.79 Å². The molecule has 1 fully saturated rings. The molecule has 0 bridgehead atoms. The zero-order valence-corrected chi connectivity index (χ0v) is 9.97. The van der Waals surface area contributed by atoms with E-state index in [1.54, 1.807) is 11.1 Å². The van der Waals surface area contributed by atoms with E-state index in [4.69, 9.17) is 5.73 Å². The Hall–Kier alpha value is -1.62. The number of hydrogen-bond acceptors (Lipinski definition) is 3. The van der Waals surface area contributed by atoms with Gasteiger partial charge in [-0.2, -0.15) is 0 Å². The summed E-state index contributed by atoms with van der Waals surface area (Å²) in [7, 11) is 0. The van der Waals surface area contributed by atoms with Crippen molar-refractivity contribution in [1.29, 1.82) is 0 Å². The molecule has 0 saturated carbocycles. The van der Waals surface area contributed by atoms with Crippen LogP contribution in [0.1, 0.15) is 18.7 Å². The maximum atomic E-state index is 11.8. The standard InChI is InChI=1S/C12H18N4O/c1-9(6-13)7-16-8-11(15-12(16)17)10-4-2-3-5-14-10/h2-5,9,11H,6-8,13H2,1H3,(H,15,17). The number of carbonyl (C=O) groups is 1. The molecule has 1 aromatic heterocycles. The molecular formula is C12H18N4O. The lowest BCUT2D eigenvalue weighted by Gasteiger charge is -2.18. The van der Waals surface area contributed by atoms with E-state index in [1.807, 2.05) is 25.1 Å². The highest BCUT2D eigenvalue weighted by molar-refractivity contribution is 5.77. The van der Waals surface area contributed by atoms with Crippen LogP contribution in [0.4, 0.5) is 4.79 Å². The molecule has 0 aromatic carbocycles. The van der Waals surface area contributed by atoms with Crippen molar-refractivity contribution >= 4 is 6.03 Å². The van der Waals surface area contributed by atoms with Gasteiger partial charge in [-0.05, 0) is 24.6 Å². The van der Waals surface area contributed by atoms with Gasteiger partial charge in [0.15, 0.2) is 0 Å². The number of nitrogens with two attached hydrogens (primary N) is 1. The first-order chi connectivity index (χ1) is 8.20. The Bertz CT molecular complexity index is 381. The summed E-state index contributed by atoms with van der Waals surface area (Å²) < 4.78 is 0. The number of pyridine rings is 1. The van der Waals surface area contributed by atoms with Crippen LogP contribution in [0.25, 0.3) is 0 Å². The molecule has 1 aliphatic rings. The van der Waals surface area contributed by atoms with Crippen LogP contribution >= 0.6 is 0 Å². The second-order valence-electron chi connectivity index (χ2n) is 4.50. The van der Waals surface area contributed by atoms with Gasteiger partial charge in [-0.3, -0.25) is 4.98 Å². The summed E-state index contributed by atoms with van der Waals surface area (Å²) in [6.45, 7) is 4.01. The third-order valence-electron chi connectivity index (χ3n) is 2.97. The summed E-state index contributed by atoms with van der Waals surface area (Å²) >= 11 is 0. The fraction of sp³-hybridized carbons (Fsp3) is 0.500. The van der Waals surface area contributed by atoms with Gasteiger partial charge in [-0.1, -0.05) is 13.0 Å². The molecule has 5 heteroatoms. The molecule has 92 valence electrons. The lowest BCUT2D eigenvalue weighted by Crippen LogP contribution is -2.34. The van der Waals surface area contributed by atoms with Crippen molar-refractivity contribution < 1.29 is 4.79 Å². The number of nitrogens with zero attached hydrogens (tertiary/aromatic N) is 2. The summed E-state index contributed by atoms with van der Waals surface area (Å²) in [6, 6.07) is 5.70. The topological polar surface area (TPSA) is 71.2 Å². The Balaban J connectivity index is 2.00. The van der Waals surface area contributed by atoms with Crippen LogP contribution in [0, 0.1) is 5.92 Å². The van der Waals surface area contributed by atoms with Crippen LogP contribution in [-0.4, -0.2) is 35.5 Å². The van der Waals surface area contributed by atoms with Crippen LogP contribution in [0.15, 0.2) is 24.4 Å². The van der Waals surface area contributed by atoms with Crippen molar-refractivity contribution in [1.82, 2.24) is 15.2 Å². The first kappa shape index (κ1) is 11.9. The fourth-order valence-electron chi connectivity index (χ4n) is 1.95. The first-order valence-corrected chi connectivity index (χ1v) is 5.87. The van der Waals surface area contributed by atoms with Crippen LogP contribution in [-0.2, 0) is 0 Å². The minimum Gasteiger partial charge on any atom is -0.330 e. The number of rotatable bonds is 4. The van der Waals surface area contributed by atoms with E-state index in [0.29, 0.717) is 25.6 Å². The number of amides is 2. The van der Waals surface area contributed by atoms with Crippen molar-refractivity contribution in [2.24, 2.45) is 11.7 Å². The van der Waals surface area contributed by atoms with Gasteiger partial charge < -0.3 is 16.0 Å². The van der Waals surface area contributed by atoms with E-state index >= 15 is 0 Å². The monoisotopic (exact) mass is 234 g/mol. The molecule has 3 N–H and O–H groups in total. The maximum absolute atomic E-state index is 11.8. The molecule has 1 aromatic rings. The molecule has 5 nitrogen and oxygen atoms in total. The van der Waals surface area contributed by atoms with Gasteiger partial charge in [-0.15, -0.1) is 0 Å². The van der Waals surface area contributed by atoms with E-state index in [0.717, 1.165) is 5.69 Å². The highest BCUT2D eigenvalue weighted by Gasteiger charge is 2.30.